The van der Waals surface area contributed by atoms with Gasteiger partial charge < -0.3 is 14.2 Å². The highest BCUT2D eigenvalue weighted by Crippen LogP contribution is 2.40. The van der Waals surface area contributed by atoms with E-state index in [2.05, 4.69) is 56.1 Å². The van der Waals surface area contributed by atoms with Crippen molar-refractivity contribution in [3.05, 3.63) is 72.4 Å². The SMILES string of the molecule is COc1ccc(-c2noc(CN3CCN(c4ncnc5sc(-c6ccccc6)c(C)c45)CC3)n2)cc1. The van der Waals surface area contributed by atoms with E-state index in [1.54, 1.807) is 24.8 Å². The summed E-state index contributed by atoms with van der Waals surface area (Å²) in [6.07, 6.45) is 1.69. The summed E-state index contributed by atoms with van der Waals surface area (Å²) in [6.45, 7) is 6.34. The van der Waals surface area contributed by atoms with Crippen molar-refractivity contribution in [3.63, 3.8) is 0 Å². The Labute approximate surface area is 213 Å². The highest BCUT2D eigenvalue weighted by atomic mass is 32.1. The first-order chi connectivity index (χ1) is 17.7. The standard InChI is InChI=1S/C27H26N6O2S/c1-18-23-26(28-17-29-27(23)36-24(18)19-6-4-3-5-7-19)33-14-12-32(13-15-33)16-22-30-25(31-35-22)20-8-10-21(34-2)11-9-20/h3-11,17H,12-16H2,1-2H3. The summed E-state index contributed by atoms with van der Waals surface area (Å²) in [5.41, 5.74) is 3.38. The van der Waals surface area contributed by atoms with E-state index in [4.69, 9.17) is 14.2 Å². The molecule has 1 fully saturated rings. The molecule has 0 atom stereocenters. The zero-order chi connectivity index (χ0) is 24.5. The van der Waals surface area contributed by atoms with Crippen LogP contribution in [0.25, 0.3) is 32.0 Å². The van der Waals surface area contributed by atoms with Crippen LogP contribution < -0.4 is 9.64 Å². The second kappa shape index (κ2) is 9.67. The van der Waals surface area contributed by atoms with E-state index in [1.807, 2.05) is 30.3 Å². The number of aromatic nitrogens is 4. The quantitative estimate of drug-likeness (QED) is 0.322. The Balaban J connectivity index is 1.15. The van der Waals surface area contributed by atoms with E-state index < -0.39 is 0 Å². The van der Waals surface area contributed by atoms with Crippen molar-refractivity contribution >= 4 is 27.4 Å². The summed E-state index contributed by atoms with van der Waals surface area (Å²) < 4.78 is 10.8. The number of nitrogens with zero attached hydrogens (tertiary/aromatic N) is 6. The van der Waals surface area contributed by atoms with Gasteiger partial charge in [-0.05, 0) is 42.3 Å². The van der Waals surface area contributed by atoms with Crippen molar-refractivity contribution in [2.45, 2.75) is 13.5 Å². The maximum absolute atomic E-state index is 5.54. The van der Waals surface area contributed by atoms with Crippen LogP contribution in [0, 0.1) is 6.92 Å². The molecule has 6 rings (SSSR count). The van der Waals surface area contributed by atoms with E-state index in [9.17, 15) is 0 Å². The molecular weight excluding hydrogens is 472 g/mol. The molecule has 0 spiro atoms. The fraction of sp³-hybridized carbons (Fsp3) is 0.259. The fourth-order valence-electron chi connectivity index (χ4n) is 4.64. The van der Waals surface area contributed by atoms with E-state index in [0.29, 0.717) is 18.3 Å². The molecule has 4 heterocycles. The predicted octanol–water partition coefficient (Wildman–Crippen LogP) is 5.05. The number of rotatable bonds is 6. The lowest BCUT2D eigenvalue weighted by Gasteiger charge is -2.34. The van der Waals surface area contributed by atoms with Gasteiger partial charge in [0.15, 0.2) is 0 Å². The Morgan fingerprint density at radius 2 is 1.72 bits per heavy atom. The average molecular weight is 499 g/mol. The van der Waals surface area contributed by atoms with Gasteiger partial charge in [0.25, 0.3) is 0 Å². The molecule has 5 aromatic rings. The van der Waals surface area contributed by atoms with Crippen molar-refractivity contribution in [2.75, 3.05) is 38.2 Å². The van der Waals surface area contributed by atoms with Crippen molar-refractivity contribution in [3.8, 4) is 27.6 Å². The Morgan fingerprint density at radius 3 is 2.47 bits per heavy atom. The number of methoxy groups -OCH3 is 1. The molecule has 0 saturated carbocycles. The number of benzene rings is 2. The molecule has 182 valence electrons. The molecule has 0 N–H and O–H groups in total. The number of aryl methyl sites for hydroxylation is 1. The molecule has 1 aliphatic rings. The van der Waals surface area contributed by atoms with Crippen LogP contribution in [0.4, 0.5) is 5.82 Å². The molecule has 1 saturated heterocycles. The van der Waals surface area contributed by atoms with Gasteiger partial charge in [0, 0.05) is 36.6 Å². The van der Waals surface area contributed by atoms with E-state index in [0.717, 1.165) is 53.5 Å². The van der Waals surface area contributed by atoms with E-state index >= 15 is 0 Å². The van der Waals surface area contributed by atoms with Crippen LogP contribution in [0.15, 0.2) is 65.4 Å². The number of anilines is 1. The molecule has 0 amide bonds. The van der Waals surface area contributed by atoms with Crippen LogP contribution in [-0.2, 0) is 6.54 Å². The van der Waals surface area contributed by atoms with Gasteiger partial charge in [0.2, 0.25) is 11.7 Å². The van der Waals surface area contributed by atoms with Gasteiger partial charge in [-0.1, -0.05) is 35.5 Å². The molecule has 8 nitrogen and oxygen atoms in total. The third-order valence-electron chi connectivity index (χ3n) is 6.59. The first-order valence-electron chi connectivity index (χ1n) is 11.9. The van der Waals surface area contributed by atoms with Gasteiger partial charge in [0.05, 0.1) is 19.0 Å². The topological polar surface area (TPSA) is 80.4 Å². The average Bonchev–Trinajstić information content (AvgIpc) is 3.54. The molecule has 9 heteroatoms. The summed E-state index contributed by atoms with van der Waals surface area (Å²) in [4.78, 5) is 20.9. The number of hydrogen-bond acceptors (Lipinski definition) is 9. The molecule has 0 bridgehead atoms. The van der Waals surface area contributed by atoms with Crippen LogP contribution in [0.1, 0.15) is 11.5 Å². The highest BCUT2D eigenvalue weighted by molar-refractivity contribution is 7.22. The minimum absolute atomic E-state index is 0.594. The lowest BCUT2D eigenvalue weighted by molar-refractivity contribution is 0.215. The van der Waals surface area contributed by atoms with Crippen molar-refractivity contribution in [1.29, 1.82) is 0 Å². The van der Waals surface area contributed by atoms with Gasteiger partial charge in [-0.2, -0.15) is 4.98 Å². The van der Waals surface area contributed by atoms with Crippen molar-refractivity contribution in [1.82, 2.24) is 25.0 Å². The van der Waals surface area contributed by atoms with Crippen molar-refractivity contribution < 1.29 is 9.26 Å². The van der Waals surface area contributed by atoms with Crippen molar-refractivity contribution in [2.24, 2.45) is 0 Å². The Morgan fingerprint density at radius 1 is 0.944 bits per heavy atom. The number of piperazine rings is 1. The highest BCUT2D eigenvalue weighted by Gasteiger charge is 2.24. The minimum atomic E-state index is 0.594. The molecule has 3 aromatic heterocycles. The third kappa shape index (κ3) is 4.31. The summed E-state index contributed by atoms with van der Waals surface area (Å²) >= 11 is 1.74. The zero-order valence-electron chi connectivity index (χ0n) is 20.2. The van der Waals surface area contributed by atoms with Gasteiger partial charge in [-0.25, -0.2) is 9.97 Å². The fourth-order valence-corrected chi connectivity index (χ4v) is 5.79. The van der Waals surface area contributed by atoms with Crippen LogP contribution in [-0.4, -0.2) is 58.3 Å². The molecule has 36 heavy (non-hydrogen) atoms. The Kier molecular flexibility index (Phi) is 6.08. The Hall–Kier alpha value is -3.82. The van der Waals surface area contributed by atoms with Gasteiger partial charge >= 0.3 is 0 Å². The maximum atomic E-state index is 5.54. The molecule has 1 aliphatic heterocycles. The lowest BCUT2D eigenvalue weighted by atomic mass is 10.1. The van der Waals surface area contributed by atoms with Crippen LogP contribution in [0.5, 0.6) is 5.75 Å². The number of fused-ring (bicyclic) bond motifs is 1. The monoisotopic (exact) mass is 498 g/mol. The lowest BCUT2D eigenvalue weighted by Crippen LogP contribution is -2.46. The number of thiophene rings is 1. The first kappa shape index (κ1) is 22.6. The molecule has 2 aromatic carbocycles. The zero-order valence-corrected chi connectivity index (χ0v) is 21.0. The largest absolute Gasteiger partial charge is 0.497 e. The number of ether oxygens (including phenoxy) is 1. The maximum Gasteiger partial charge on any atom is 0.241 e. The Bertz CT molecular complexity index is 1470. The second-order valence-electron chi connectivity index (χ2n) is 8.80. The summed E-state index contributed by atoms with van der Waals surface area (Å²) in [7, 11) is 1.65. The second-order valence-corrected chi connectivity index (χ2v) is 9.80. The smallest absolute Gasteiger partial charge is 0.241 e. The van der Waals surface area contributed by atoms with E-state index in [1.165, 1.54) is 16.0 Å². The van der Waals surface area contributed by atoms with Crippen LogP contribution in [0.3, 0.4) is 0 Å². The van der Waals surface area contributed by atoms with Crippen LogP contribution >= 0.6 is 11.3 Å². The molecular formula is C27H26N6O2S. The van der Waals surface area contributed by atoms with Gasteiger partial charge in [-0.3, -0.25) is 4.90 Å². The summed E-state index contributed by atoms with van der Waals surface area (Å²) in [6, 6.07) is 18.2. The van der Waals surface area contributed by atoms with E-state index in [-0.39, 0.29) is 0 Å². The molecule has 0 unspecified atom stereocenters. The van der Waals surface area contributed by atoms with Gasteiger partial charge in [-0.15, -0.1) is 11.3 Å². The summed E-state index contributed by atoms with van der Waals surface area (Å²) in [5, 5.41) is 5.32. The molecule has 0 radical (unpaired) electrons. The first-order valence-corrected chi connectivity index (χ1v) is 12.7. The molecule has 0 aliphatic carbocycles. The van der Waals surface area contributed by atoms with Gasteiger partial charge in [0.1, 0.15) is 22.7 Å². The van der Waals surface area contributed by atoms with Crippen LogP contribution in [0.2, 0.25) is 0 Å². The number of hydrogen-bond donors (Lipinski definition) is 0. The summed E-state index contributed by atoms with van der Waals surface area (Å²) in [5.74, 6) is 3.04. The minimum Gasteiger partial charge on any atom is -0.497 e. The third-order valence-corrected chi connectivity index (χ3v) is 7.84. The predicted molar refractivity (Wildman–Crippen MR) is 141 cm³/mol. The normalized spacial score (nSPS) is 14.4.